The number of alkyl carbamates (subject to hydrolysis) is 1. The molecule has 1 aliphatic rings. The summed E-state index contributed by atoms with van der Waals surface area (Å²) in [4.78, 5) is 23.1. The largest absolute Gasteiger partial charge is 0.467 e. The Morgan fingerprint density at radius 2 is 1.10 bits per heavy atom. The molecule has 0 spiro atoms. The highest BCUT2D eigenvalue weighted by Crippen LogP contribution is 2.44. The first kappa shape index (κ1) is 33.4. The third-order valence-electron chi connectivity index (χ3n) is 6.39. The van der Waals surface area contributed by atoms with E-state index in [0.717, 1.165) is 0 Å². The number of carbonyl (C=O) groups excluding carboxylic acids is 2. The second-order valence-electron chi connectivity index (χ2n) is 9.30. The molecular formula is C31H43NO10. The zero-order valence-corrected chi connectivity index (χ0v) is 24.4. The first-order valence-electron chi connectivity index (χ1n) is 14.3. The molecule has 0 radical (unpaired) electrons. The van der Waals surface area contributed by atoms with Gasteiger partial charge in [0.15, 0.2) is 0 Å². The number of carbonyl (C=O) groups is 2. The molecule has 1 aliphatic carbocycles. The van der Waals surface area contributed by atoms with E-state index in [1.807, 2.05) is 24.3 Å². The Morgan fingerprint density at radius 3 is 1.60 bits per heavy atom. The smallest absolute Gasteiger partial charge is 0.407 e. The zero-order valence-electron chi connectivity index (χ0n) is 24.4. The molecule has 3 rings (SSSR count). The molecule has 0 unspecified atom stereocenters. The third kappa shape index (κ3) is 12.4. The van der Waals surface area contributed by atoms with Gasteiger partial charge in [-0.15, -0.1) is 0 Å². The molecule has 0 bridgehead atoms. The number of hydrogen-bond donors (Lipinski definition) is 1. The first-order chi connectivity index (χ1) is 20.7. The quantitative estimate of drug-likeness (QED) is 0.153. The number of methoxy groups -OCH3 is 1. The lowest BCUT2D eigenvalue weighted by Crippen LogP contribution is -2.27. The molecule has 0 atom stereocenters. The van der Waals surface area contributed by atoms with Gasteiger partial charge in [-0.25, -0.2) is 9.59 Å². The maximum Gasteiger partial charge on any atom is 0.407 e. The molecule has 42 heavy (non-hydrogen) atoms. The van der Waals surface area contributed by atoms with Crippen LogP contribution < -0.4 is 5.32 Å². The Morgan fingerprint density at radius 1 is 0.643 bits per heavy atom. The number of rotatable bonds is 23. The van der Waals surface area contributed by atoms with E-state index in [1.165, 1.54) is 29.4 Å². The predicted octanol–water partition coefficient (Wildman–Crippen LogP) is 3.19. The van der Waals surface area contributed by atoms with Crippen molar-refractivity contribution in [2.45, 2.75) is 12.3 Å². The molecule has 1 N–H and O–H groups in total. The molecule has 11 heteroatoms. The summed E-state index contributed by atoms with van der Waals surface area (Å²) in [5.41, 5.74) is 4.80. The number of ether oxygens (including phenoxy) is 8. The van der Waals surface area contributed by atoms with Gasteiger partial charge in [0, 0.05) is 19.1 Å². The van der Waals surface area contributed by atoms with Crippen LogP contribution in [-0.2, 0) is 42.7 Å². The van der Waals surface area contributed by atoms with Crippen LogP contribution in [0.25, 0.3) is 11.1 Å². The predicted molar refractivity (Wildman–Crippen MR) is 155 cm³/mol. The van der Waals surface area contributed by atoms with Gasteiger partial charge in [-0.2, -0.15) is 0 Å². The van der Waals surface area contributed by atoms with E-state index < -0.39 is 12.1 Å². The molecule has 0 saturated carbocycles. The Bertz CT molecular complexity index is 1000. The molecule has 0 aromatic heterocycles. The van der Waals surface area contributed by atoms with Crippen LogP contribution in [0.3, 0.4) is 0 Å². The fourth-order valence-corrected chi connectivity index (χ4v) is 4.33. The summed E-state index contributed by atoms with van der Waals surface area (Å²) < 4.78 is 42.3. The minimum Gasteiger partial charge on any atom is -0.467 e. The topological polar surface area (TPSA) is 120 Å². The van der Waals surface area contributed by atoms with E-state index in [-0.39, 0.29) is 12.5 Å². The Balaban J connectivity index is 1.05. The van der Waals surface area contributed by atoms with Crippen LogP contribution in [0.5, 0.6) is 0 Å². The van der Waals surface area contributed by atoms with Crippen LogP contribution in [0, 0.1) is 0 Å². The van der Waals surface area contributed by atoms with Crippen LogP contribution in [0.2, 0.25) is 0 Å². The summed E-state index contributed by atoms with van der Waals surface area (Å²) in [6.07, 6.45) is 0.264. The Kier molecular flexibility index (Phi) is 16.5. The van der Waals surface area contributed by atoms with E-state index in [1.54, 1.807) is 0 Å². The average molecular weight is 590 g/mol. The lowest BCUT2D eigenvalue weighted by molar-refractivity contribution is -0.146. The van der Waals surface area contributed by atoms with Crippen molar-refractivity contribution in [3.05, 3.63) is 59.7 Å². The highest BCUT2D eigenvalue weighted by molar-refractivity contribution is 5.79. The second-order valence-corrected chi connectivity index (χ2v) is 9.30. The first-order valence-corrected chi connectivity index (χ1v) is 14.3. The molecule has 2 aromatic rings. The van der Waals surface area contributed by atoms with Gasteiger partial charge in [0.1, 0.15) is 13.2 Å². The number of nitrogens with one attached hydrogen (secondary N) is 1. The standard InChI is InChI=1S/C31H43NO10/c1-35-30(33)24-41-22-21-40-20-19-39-18-17-38-16-15-37-14-13-36-12-6-11-32-31(34)42-23-29-27-9-4-2-7-25(27)26-8-3-5-10-28(26)29/h2-5,7-10,29H,6,11-24H2,1H3,(H,32,34). The van der Waals surface area contributed by atoms with Gasteiger partial charge in [0.2, 0.25) is 0 Å². The van der Waals surface area contributed by atoms with Crippen LogP contribution in [0.15, 0.2) is 48.5 Å². The lowest BCUT2D eigenvalue weighted by atomic mass is 9.98. The van der Waals surface area contributed by atoms with Crippen LogP contribution in [0.4, 0.5) is 4.79 Å². The molecule has 232 valence electrons. The fourth-order valence-electron chi connectivity index (χ4n) is 4.33. The maximum atomic E-state index is 12.2. The van der Waals surface area contributed by atoms with E-state index in [2.05, 4.69) is 34.3 Å². The molecule has 11 nitrogen and oxygen atoms in total. The van der Waals surface area contributed by atoms with Gasteiger partial charge in [-0.3, -0.25) is 0 Å². The van der Waals surface area contributed by atoms with Crippen molar-refractivity contribution in [2.24, 2.45) is 0 Å². The van der Waals surface area contributed by atoms with Crippen molar-refractivity contribution in [2.75, 3.05) is 99.5 Å². The van der Waals surface area contributed by atoms with Crippen LogP contribution in [-0.4, -0.2) is 112 Å². The van der Waals surface area contributed by atoms with Crippen molar-refractivity contribution >= 4 is 12.1 Å². The van der Waals surface area contributed by atoms with Gasteiger partial charge in [0.05, 0.1) is 73.2 Å². The average Bonchev–Trinajstić information content (AvgIpc) is 3.34. The molecule has 0 heterocycles. The highest BCUT2D eigenvalue weighted by atomic mass is 16.6. The minimum absolute atomic E-state index is 0.0504. The number of benzene rings is 2. The Labute approximate surface area is 247 Å². The van der Waals surface area contributed by atoms with Gasteiger partial charge in [0.25, 0.3) is 0 Å². The van der Waals surface area contributed by atoms with Gasteiger partial charge in [-0.05, 0) is 28.7 Å². The Hall–Kier alpha value is -3.06. The zero-order chi connectivity index (χ0) is 29.7. The maximum absolute atomic E-state index is 12.2. The van der Waals surface area contributed by atoms with Crippen LogP contribution in [0.1, 0.15) is 23.5 Å². The second kappa shape index (κ2) is 20.8. The summed E-state index contributed by atoms with van der Waals surface area (Å²) in [5, 5.41) is 2.79. The van der Waals surface area contributed by atoms with E-state index in [0.29, 0.717) is 92.2 Å². The fraction of sp³-hybridized carbons (Fsp3) is 0.548. The summed E-state index contributed by atoms with van der Waals surface area (Å²) >= 11 is 0. The lowest BCUT2D eigenvalue weighted by Gasteiger charge is -2.14. The number of esters is 1. The number of amides is 1. The molecule has 0 fully saturated rings. The van der Waals surface area contributed by atoms with Crippen molar-refractivity contribution in [3.63, 3.8) is 0 Å². The van der Waals surface area contributed by atoms with Crippen molar-refractivity contribution in [1.29, 1.82) is 0 Å². The van der Waals surface area contributed by atoms with Gasteiger partial charge < -0.3 is 43.2 Å². The summed E-state index contributed by atoms with van der Waals surface area (Å²) in [6, 6.07) is 16.5. The van der Waals surface area contributed by atoms with Crippen LogP contribution >= 0.6 is 0 Å². The van der Waals surface area contributed by atoms with Gasteiger partial charge in [-0.1, -0.05) is 48.5 Å². The molecule has 0 aliphatic heterocycles. The third-order valence-corrected chi connectivity index (χ3v) is 6.39. The molecule has 2 aromatic carbocycles. The van der Waals surface area contributed by atoms with E-state index in [9.17, 15) is 9.59 Å². The van der Waals surface area contributed by atoms with E-state index >= 15 is 0 Å². The SMILES string of the molecule is COC(=O)COCCOCCOCCOCCOCCOCCCNC(=O)OCC1c2ccccc2-c2ccccc21. The summed E-state index contributed by atoms with van der Waals surface area (Å²) in [5.74, 6) is -0.360. The normalized spacial score (nSPS) is 12.1. The number of fused-ring (bicyclic) bond motifs is 3. The minimum atomic E-state index is -0.418. The molecule has 1 amide bonds. The summed E-state index contributed by atoms with van der Waals surface area (Å²) in [7, 11) is 1.31. The van der Waals surface area contributed by atoms with Crippen molar-refractivity contribution in [3.8, 4) is 11.1 Å². The molecular weight excluding hydrogens is 546 g/mol. The molecule has 0 saturated heterocycles. The van der Waals surface area contributed by atoms with Crippen molar-refractivity contribution in [1.82, 2.24) is 5.32 Å². The van der Waals surface area contributed by atoms with Gasteiger partial charge >= 0.3 is 12.1 Å². The van der Waals surface area contributed by atoms with E-state index in [4.69, 9.17) is 33.2 Å². The highest BCUT2D eigenvalue weighted by Gasteiger charge is 2.28. The number of hydrogen-bond acceptors (Lipinski definition) is 10. The van der Waals surface area contributed by atoms with Crippen molar-refractivity contribution < 1.29 is 47.5 Å². The summed E-state index contributed by atoms with van der Waals surface area (Å²) in [6.45, 7) is 5.66. The monoisotopic (exact) mass is 589 g/mol.